The molecule has 1 aliphatic rings. The lowest BCUT2D eigenvalue weighted by molar-refractivity contribution is 0.102. The van der Waals surface area contributed by atoms with E-state index in [0.29, 0.717) is 28.9 Å². The van der Waals surface area contributed by atoms with Crippen LogP contribution in [0.1, 0.15) is 44.0 Å². The summed E-state index contributed by atoms with van der Waals surface area (Å²) < 4.78 is 5.74. The minimum atomic E-state index is -0.247. The molecule has 6 heteroatoms. The fourth-order valence-electron chi connectivity index (χ4n) is 3.09. The maximum atomic E-state index is 12.5. The molecule has 0 spiro atoms. The van der Waals surface area contributed by atoms with Crippen molar-refractivity contribution < 1.29 is 9.53 Å². The Morgan fingerprint density at radius 1 is 1.27 bits per heavy atom. The first-order valence-electron chi connectivity index (χ1n) is 9.17. The Morgan fingerprint density at radius 2 is 2.00 bits per heavy atom. The molecule has 26 heavy (non-hydrogen) atoms. The van der Waals surface area contributed by atoms with Crippen molar-refractivity contribution in [3.05, 3.63) is 42.2 Å². The molecule has 1 amide bonds. The van der Waals surface area contributed by atoms with Gasteiger partial charge in [-0.3, -0.25) is 4.79 Å². The maximum absolute atomic E-state index is 12.5. The molecule has 6 nitrogen and oxygen atoms in total. The number of hydrogen-bond acceptors (Lipinski definition) is 5. The van der Waals surface area contributed by atoms with Crippen molar-refractivity contribution in [3.63, 3.8) is 0 Å². The summed E-state index contributed by atoms with van der Waals surface area (Å²) in [6.07, 6.45) is 5.60. The Hall–Kier alpha value is -2.63. The molecule has 1 atom stereocenters. The molecule has 0 radical (unpaired) electrons. The Morgan fingerprint density at radius 3 is 2.69 bits per heavy atom. The SMILES string of the molecule is CC1CCCN(c2ncc(C(=O)Nc3ccccc3OC(C)C)cn2)C1. The van der Waals surface area contributed by atoms with Crippen LogP contribution in [0.4, 0.5) is 11.6 Å². The van der Waals surface area contributed by atoms with Crippen LogP contribution >= 0.6 is 0 Å². The van der Waals surface area contributed by atoms with Crippen molar-refractivity contribution in [1.29, 1.82) is 0 Å². The van der Waals surface area contributed by atoms with E-state index in [4.69, 9.17) is 4.74 Å². The predicted molar refractivity (Wildman–Crippen MR) is 103 cm³/mol. The highest BCUT2D eigenvalue weighted by molar-refractivity contribution is 6.04. The number of carbonyl (C=O) groups excluding carboxylic acids is 1. The van der Waals surface area contributed by atoms with Gasteiger partial charge in [0.25, 0.3) is 5.91 Å². The van der Waals surface area contributed by atoms with E-state index < -0.39 is 0 Å². The highest BCUT2D eigenvalue weighted by Gasteiger charge is 2.19. The topological polar surface area (TPSA) is 67.4 Å². The number of piperidine rings is 1. The van der Waals surface area contributed by atoms with Crippen molar-refractivity contribution >= 4 is 17.5 Å². The molecule has 1 aromatic heterocycles. The zero-order valence-corrected chi connectivity index (χ0v) is 15.6. The molecule has 2 heterocycles. The van der Waals surface area contributed by atoms with E-state index in [0.717, 1.165) is 19.5 Å². The monoisotopic (exact) mass is 354 g/mol. The van der Waals surface area contributed by atoms with Crippen molar-refractivity contribution in [2.24, 2.45) is 5.92 Å². The van der Waals surface area contributed by atoms with E-state index in [-0.39, 0.29) is 12.0 Å². The first-order chi connectivity index (χ1) is 12.5. The standard InChI is InChI=1S/C20H26N4O2/c1-14(2)26-18-9-5-4-8-17(18)23-19(25)16-11-21-20(22-12-16)24-10-6-7-15(3)13-24/h4-5,8-9,11-12,14-15H,6-7,10,13H2,1-3H3,(H,23,25). The minimum Gasteiger partial charge on any atom is -0.489 e. The number of rotatable bonds is 5. The van der Waals surface area contributed by atoms with Gasteiger partial charge in [-0.2, -0.15) is 0 Å². The van der Waals surface area contributed by atoms with Gasteiger partial charge in [-0.1, -0.05) is 19.1 Å². The molecule has 138 valence electrons. The van der Waals surface area contributed by atoms with Gasteiger partial charge >= 0.3 is 0 Å². The van der Waals surface area contributed by atoms with Gasteiger partial charge in [-0.05, 0) is 44.7 Å². The Bertz CT molecular complexity index is 746. The van der Waals surface area contributed by atoms with E-state index >= 15 is 0 Å². The summed E-state index contributed by atoms with van der Waals surface area (Å²) in [7, 11) is 0. The number of hydrogen-bond donors (Lipinski definition) is 1. The largest absolute Gasteiger partial charge is 0.489 e. The predicted octanol–water partition coefficient (Wildman–Crippen LogP) is 3.75. The number of nitrogens with one attached hydrogen (secondary N) is 1. The number of amides is 1. The fraction of sp³-hybridized carbons (Fsp3) is 0.450. The molecule has 2 aromatic rings. The number of ether oxygens (including phenoxy) is 1. The van der Waals surface area contributed by atoms with E-state index in [1.165, 1.54) is 6.42 Å². The third-order valence-electron chi connectivity index (χ3n) is 4.34. The molecule has 0 bridgehead atoms. The molecular formula is C20H26N4O2. The molecular weight excluding hydrogens is 328 g/mol. The molecule has 1 fully saturated rings. The third-order valence-corrected chi connectivity index (χ3v) is 4.34. The molecule has 0 saturated carbocycles. The molecule has 1 saturated heterocycles. The summed E-state index contributed by atoms with van der Waals surface area (Å²) >= 11 is 0. The summed E-state index contributed by atoms with van der Waals surface area (Å²) in [5.41, 5.74) is 1.07. The summed E-state index contributed by atoms with van der Waals surface area (Å²) in [5.74, 6) is 1.74. The lowest BCUT2D eigenvalue weighted by Crippen LogP contribution is -2.35. The van der Waals surface area contributed by atoms with E-state index in [9.17, 15) is 4.79 Å². The fourth-order valence-corrected chi connectivity index (χ4v) is 3.09. The van der Waals surface area contributed by atoms with Crippen LogP contribution in [0.15, 0.2) is 36.7 Å². The molecule has 1 unspecified atom stereocenters. The van der Waals surface area contributed by atoms with Crippen molar-refractivity contribution in [2.45, 2.75) is 39.7 Å². The number of anilines is 2. The van der Waals surface area contributed by atoms with E-state index in [1.807, 2.05) is 38.1 Å². The summed E-state index contributed by atoms with van der Waals surface area (Å²) in [6, 6.07) is 7.40. The normalized spacial score (nSPS) is 17.2. The first kappa shape index (κ1) is 18.2. The molecule has 0 aliphatic carbocycles. The van der Waals surface area contributed by atoms with Gasteiger partial charge in [-0.25, -0.2) is 9.97 Å². The zero-order valence-electron chi connectivity index (χ0n) is 15.6. The molecule has 1 N–H and O–H groups in total. The first-order valence-corrected chi connectivity index (χ1v) is 9.17. The summed E-state index contributed by atoms with van der Waals surface area (Å²) in [5, 5.41) is 2.88. The lowest BCUT2D eigenvalue weighted by Gasteiger charge is -2.30. The third kappa shape index (κ3) is 4.50. The van der Waals surface area contributed by atoms with E-state index in [2.05, 4.69) is 27.1 Å². The molecule has 1 aliphatic heterocycles. The van der Waals surface area contributed by atoms with Crippen LogP contribution < -0.4 is 15.0 Å². The second-order valence-electron chi connectivity index (χ2n) is 7.08. The highest BCUT2D eigenvalue weighted by atomic mass is 16.5. The average molecular weight is 354 g/mol. The number of benzene rings is 1. The van der Waals surface area contributed by atoms with Gasteiger partial charge in [0.2, 0.25) is 5.95 Å². The van der Waals surface area contributed by atoms with Gasteiger partial charge in [0.05, 0.1) is 17.4 Å². The van der Waals surface area contributed by atoms with Gasteiger partial charge in [0, 0.05) is 25.5 Å². The van der Waals surface area contributed by atoms with Crippen molar-refractivity contribution in [1.82, 2.24) is 9.97 Å². The van der Waals surface area contributed by atoms with Crippen LogP contribution in [-0.2, 0) is 0 Å². The Labute approximate surface area is 154 Å². The van der Waals surface area contributed by atoms with Gasteiger partial charge < -0.3 is 15.0 Å². The molecule has 3 rings (SSSR count). The van der Waals surface area contributed by atoms with Crippen LogP contribution in [-0.4, -0.2) is 35.1 Å². The smallest absolute Gasteiger partial charge is 0.258 e. The second kappa shape index (κ2) is 8.17. The lowest BCUT2D eigenvalue weighted by atomic mass is 10.0. The van der Waals surface area contributed by atoms with Crippen LogP contribution in [0.25, 0.3) is 0 Å². The summed E-state index contributed by atoms with van der Waals surface area (Å²) in [4.78, 5) is 23.5. The zero-order chi connectivity index (χ0) is 18.5. The van der Waals surface area contributed by atoms with Crippen molar-refractivity contribution in [3.8, 4) is 5.75 Å². The average Bonchev–Trinajstić information content (AvgIpc) is 2.63. The van der Waals surface area contributed by atoms with Crippen LogP contribution in [0, 0.1) is 5.92 Å². The van der Waals surface area contributed by atoms with E-state index in [1.54, 1.807) is 12.4 Å². The van der Waals surface area contributed by atoms with Crippen molar-refractivity contribution in [2.75, 3.05) is 23.3 Å². The van der Waals surface area contributed by atoms with Gasteiger partial charge in [0.1, 0.15) is 5.75 Å². The Kier molecular flexibility index (Phi) is 5.71. The number of nitrogens with zero attached hydrogens (tertiary/aromatic N) is 3. The quantitative estimate of drug-likeness (QED) is 0.886. The van der Waals surface area contributed by atoms with Crippen LogP contribution in [0.2, 0.25) is 0 Å². The summed E-state index contributed by atoms with van der Waals surface area (Å²) in [6.45, 7) is 8.07. The number of para-hydroxylation sites is 2. The van der Waals surface area contributed by atoms with Gasteiger partial charge in [0.15, 0.2) is 0 Å². The van der Waals surface area contributed by atoms with Gasteiger partial charge in [-0.15, -0.1) is 0 Å². The highest BCUT2D eigenvalue weighted by Crippen LogP contribution is 2.25. The Balaban J connectivity index is 1.69. The number of carbonyl (C=O) groups is 1. The number of aromatic nitrogens is 2. The second-order valence-corrected chi connectivity index (χ2v) is 7.08. The molecule has 1 aromatic carbocycles. The van der Waals surface area contributed by atoms with Crippen LogP contribution in [0.5, 0.6) is 5.75 Å². The maximum Gasteiger partial charge on any atom is 0.258 e. The van der Waals surface area contributed by atoms with Crippen LogP contribution in [0.3, 0.4) is 0 Å². The minimum absolute atomic E-state index is 0.0302.